The van der Waals surface area contributed by atoms with Crippen molar-refractivity contribution in [2.24, 2.45) is 0 Å². The van der Waals surface area contributed by atoms with Crippen LogP contribution in [0.4, 0.5) is 11.6 Å². The highest BCUT2D eigenvalue weighted by Gasteiger charge is 2.15. The van der Waals surface area contributed by atoms with E-state index in [0.29, 0.717) is 48.6 Å². The minimum atomic E-state index is -0.302. The lowest BCUT2D eigenvalue weighted by Crippen LogP contribution is -2.39. The minimum Gasteiger partial charge on any atom is -0.486 e. The molecule has 29 heavy (non-hydrogen) atoms. The highest BCUT2D eigenvalue weighted by atomic mass is 16.6. The summed E-state index contributed by atoms with van der Waals surface area (Å²) in [5.74, 6) is 1.45. The molecule has 0 unspecified atom stereocenters. The van der Waals surface area contributed by atoms with Crippen molar-refractivity contribution in [2.75, 3.05) is 63.2 Å². The van der Waals surface area contributed by atoms with Gasteiger partial charge in [-0.15, -0.1) is 0 Å². The third kappa shape index (κ3) is 5.12. The number of carbonyl (C=O) groups excluding carboxylic acids is 1. The third-order valence-electron chi connectivity index (χ3n) is 4.70. The molecule has 9 heteroatoms. The maximum Gasteiger partial charge on any atom is 0.274 e. The van der Waals surface area contributed by atoms with Crippen LogP contribution in [0.15, 0.2) is 24.3 Å². The number of ether oxygens (including phenoxy) is 3. The molecule has 2 aliphatic rings. The van der Waals surface area contributed by atoms with Crippen LogP contribution in [0, 0.1) is 6.92 Å². The van der Waals surface area contributed by atoms with Crippen LogP contribution in [0.5, 0.6) is 11.5 Å². The first-order valence-corrected chi connectivity index (χ1v) is 9.78. The number of anilines is 2. The monoisotopic (exact) mass is 399 g/mol. The van der Waals surface area contributed by atoms with E-state index in [2.05, 4.69) is 25.5 Å². The molecule has 154 valence electrons. The fourth-order valence-corrected chi connectivity index (χ4v) is 3.23. The molecule has 2 aliphatic heterocycles. The summed E-state index contributed by atoms with van der Waals surface area (Å²) < 4.78 is 16.4. The van der Waals surface area contributed by atoms with Crippen molar-refractivity contribution in [3.63, 3.8) is 0 Å². The zero-order chi connectivity index (χ0) is 20.1. The van der Waals surface area contributed by atoms with E-state index in [1.807, 2.05) is 6.92 Å². The second kappa shape index (κ2) is 9.06. The van der Waals surface area contributed by atoms with Gasteiger partial charge in [-0.25, -0.2) is 9.97 Å². The minimum absolute atomic E-state index is 0.302. The van der Waals surface area contributed by atoms with Crippen molar-refractivity contribution in [1.82, 2.24) is 14.9 Å². The predicted octanol–water partition coefficient (Wildman–Crippen LogP) is 1.55. The lowest BCUT2D eigenvalue weighted by Gasteiger charge is -2.26. The number of nitrogens with zero attached hydrogens (tertiary/aromatic N) is 3. The molecule has 3 heterocycles. The lowest BCUT2D eigenvalue weighted by atomic mass is 10.2. The molecule has 1 amide bonds. The van der Waals surface area contributed by atoms with E-state index in [-0.39, 0.29) is 5.91 Å². The largest absolute Gasteiger partial charge is 0.486 e. The fraction of sp³-hybridized carbons (Fsp3) is 0.450. The first-order chi connectivity index (χ1) is 14.2. The number of benzene rings is 1. The summed E-state index contributed by atoms with van der Waals surface area (Å²) in [6, 6.07) is 6.98. The summed E-state index contributed by atoms with van der Waals surface area (Å²) >= 11 is 0. The molecule has 9 nitrogen and oxygen atoms in total. The Kier molecular flexibility index (Phi) is 6.06. The Morgan fingerprint density at radius 1 is 1.07 bits per heavy atom. The van der Waals surface area contributed by atoms with Crippen molar-refractivity contribution < 1.29 is 19.0 Å². The smallest absolute Gasteiger partial charge is 0.274 e. The molecule has 2 N–H and O–H groups in total. The second-order valence-corrected chi connectivity index (χ2v) is 6.91. The van der Waals surface area contributed by atoms with Gasteiger partial charge in [-0.3, -0.25) is 9.69 Å². The summed E-state index contributed by atoms with van der Waals surface area (Å²) in [6.07, 6.45) is 0. The molecular formula is C20H25N5O4. The highest BCUT2D eigenvalue weighted by Crippen LogP contribution is 2.32. The second-order valence-electron chi connectivity index (χ2n) is 6.91. The molecule has 1 aromatic heterocycles. The van der Waals surface area contributed by atoms with Crippen LogP contribution in [0.1, 0.15) is 16.2 Å². The van der Waals surface area contributed by atoms with E-state index in [4.69, 9.17) is 14.2 Å². The number of carbonyl (C=O) groups is 1. The summed E-state index contributed by atoms with van der Waals surface area (Å²) in [5, 5.41) is 6.07. The number of fused-ring (bicyclic) bond motifs is 1. The Bertz CT molecular complexity index is 870. The zero-order valence-electron chi connectivity index (χ0n) is 16.4. The first-order valence-electron chi connectivity index (χ1n) is 9.78. The van der Waals surface area contributed by atoms with E-state index >= 15 is 0 Å². The van der Waals surface area contributed by atoms with Gasteiger partial charge in [-0.1, -0.05) is 0 Å². The van der Waals surface area contributed by atoms with Gasteiger partial charge in [0.1, 0.15) is 18.9 Å². The number of amides is 1. The van der Waals surface area contributed by atoms with E-state index < -0.39 is 0 Å². The van der Waals surface area contributed by atoms with Gasteiger partial charge in [0, 0.05) is 43.6 Å². The molecule has 0 radical (unpaired) electrons. The molecule has 0 bridgehead atoms. The maximum atomic E-state index is 12.7. The van der Waals surface area contributed by atoms with Crippen LogP contribution in [0.3, 0.4) is 0 Å². The molecule has 0 atom stereocenters. The van der Waals surface area contributed by atoms with E-state index in [1.54, 1.807) is 24.3 Å². The molecule has 4 rings (SSSR count). The topological polar surface area (TPSA) is 97.8 Å². The average molecular weight is 399 g/mol. The third-order valence-corrected chi connectivity index (χ3v) is 4.70. The highest BCUT2D eigenvalue weighted by molar-refractivity contribution is 6.03. The van der Waals surface area contributed by atoms with Crippen LogP contribution in [0.2, 0.25) is 0 Å². The van der Waals surface area contributed by atoms with Gasteiger partial charge >= 0.3 is 0 Å². The molecule has 1 fully saturated rings. The van der Waals surface area contributed by atoms with Crippen LogP contribution in [-0.2, 0) is 4.74 Å². The Labute approximate surface area is 169 Å². The predicted molar refractivity (Wildman–Crippen MR) is 108 cm³/mol. The van der Waals surface area contributed by atoms with Crippen molar-refractivity contribution >= 4 is 17.5 Å². The van der Waals surface area contributed by atoms with Gasteiger partial charge in [0.05, 0.1) is 13.2 Å². The summed E-state index contributed by atoms with van der Waals surface area (Å²) in [4.78, 5) is 23.8. The molecule has 1 aromatic carbocycles. The van der Waals surface area contributed by atoms with Crippen LogP contribution in [0.25, 0.3) is 0 Å². The van der Waals surface area contributed by atoms with Crippen LogP contribution in [-0.4, -0.2) is 73.4 Å². The zero-order valence-corrected chi connectivity index (χ0v) is 16.4. The maximum absolute atomic E-state index is 12.7. The summed E-state index contributed by atoms with van der Waals surface area (Å²) in [6.45, 7) is 7.84. The number of rotatable bonds is 6. The number of aromatic nitrogens is 2. The fourth-order valence-electron chi connectivity index (χ4n) is 3.23. The Balaban J connectivity index is 1.37. The van der Waals surface area contributed by atoms with E-state index in [9.17, 15) is 4.79 Å². The Morgan fingerprint density at radius 2 is 1.86 bits per heavy atom. The van der Waals surface area contributed by atoms with E-state index in [1.165, 1.54) is 0 Å². The number of hydrogen-bond donors (Lipinski definition) is 2. The molecular weight excluding hydrogens is 374 g/mol. The summed E-state index contributed by atoms with van der Waals surface area (Å²) in [5.41, 5.74) is 1.65. The summed E-state index contributed by atoms with van der Waals surface area (Å²) in [7, 11) is 0. The lowest BCUT2D eigenvalue weighted by molar-refractivity contribution is 0.0398. The standard InChI is InChI=1S/C20H25N5O4/c1-14-12-16(24-20(22-14)21-4-5-25-6-8-27-9-7-25)19(26)23-15-2-3-17-18(13-15)29-11-10-28-17/h2-3,12-13H,4-11H2,1H3,(H,23,26)(H,21,22,24). The number of morpholine rings is 1. The number of hydrogen-bond acceptors (Lipinski definition) is 8. The van der Waals surface area contributed by atoms with Gasteiger partial charge in [0.15, 0.2) is 11.5 Å². The van der Waals surface area contributed by atoms with Crippen LogP contribution >= 0.6 is 0 Å². The molecule has 1 saturated heterocycles. The van der Waals surface area contributed by atoms with Gasteiger partial charge in [0.25, 0.3) is 5.91 Å². The van der Waals surface area contributed by atoms with Gasteiger partial charge < -0.3 is 24.8 Å². The van der Waals surface area contributed by atoms with Gasteiger partial charge in [0.2, 0.25) is 5.95 Å². The Morgan fingerprint density at radius 3 is 2.69 bits per heavy atom. The van der Waals surface area contributed by atoms with E-state index in [0.717, 1.165) is 38.5 Å². The van der Waals surface area contributed by atoms with Crippen molar-refractivity contribution in [2.45, 2.75) is 6.92 Å². The normalized spacial score (nSPS) is 16.3. The molecule has 2 aromatic rings. The first kappa shape index (κ1) is 19.4. The van der Waals surface area contributed by atoms with Gasteiger partial charge in [-0.05, 0) is 25.1 Å². The van der Waals surface area contributed by atoms with Gasteiger partial charge in [-0.2, -0.15) is 0 Å². The number of aryl methyl sites for hydroxylation is 1. The quantitative estimate of drug-likeness (QED) is 0.755. The SMILES string of the molecule is Cc1cc(C(=O)Nc2ccc3c(c2)OCCO3)nc(NCCN2CCOCC2)n1. The Hall–Kier alpha value is -2.91. The number of nitrogens with one attached hydrogen (secondary N) is 2. The molecule has 0 saturated carbocycles. The van der Waals surface area contributed by atoms with Crippen molar-refractivity contribution in [3.05, 3.63) is 35.7 Å². The van der Waals surface area contributed by atoms with Crippen molar-refractivity contribution in [3.8, 4) is 11.5 Å². The molecule has 0 aliphatic carbocycles. The van der Waals surface area contributed by atoms with Crippen molar-refractivity contribution in [1.29, 1.82) is 0 Å². The average Bonchev–Trinajstić information content (AvgIpc) is 2.74. The molecule has 0 spiro atoms. The van der Waals surface area contributed by atoms with Crippen LogP contribution < -0.4 is 20.1 Å².